The number of carbonyl (C=O) groups excluding carboxylic acids is 1. The molecule has 0 aliphatic rings. The van der Waals surface area contributed by atoms with E-state index in [1.54, 1.807) is 7.05 Å². The number of rotatable bonds is 4. The van der Waals surface area contributed by atoms with Gasteiger partial charge in [-0.2, -0.15) is 18.3 Å². The minimum absolute atomic E-state index is 0.216. The molecule has 24 heavy (non-hydrogen) atoms. The Morgan fingerprint density at radius 1 is 1.25 bits per heavy atom. The van der Waals surface area contributed by atoms with E-state index in [2.05, 4.69) is 15.5 Å². The highest BCUT2D eigenvalue weighted by Gasteiger charge is 2.29. The summed E-state index contributed by atoms with van der Waals surface area (Å²) in [5.74, 6) is 0. The van der Waals surface area contributed by atoms with E-state index in [1.807, 2.05) is 13.8 Å². The van der Waals surface area contributed by atoms with Gasteiger partial charge in [-0.15, -0.1) is 0 Å². The number of hydrogen-bond donors (Lipinski definition) is 2. The molecule has 0 saturated carbocycles. The molecule has 1 aromatic heterocycles. The summed E-state index contributed by atoms with van der Waals surface area (Å²) in [6.07, 6.45) is -4.36. The molecule has 0 fully saturated rings. The number of benzene rings is 1. The molecule has 0 atom stereocenters. The fourth-order valence-electron chi connectivity index (χ4n) is 2.28. The highest BCUT2D eigenvalue weighted by atomic mass is 19.4. The summed E-state index contributed by atoms with van der Waals surface area (Å²) in [7, 11) is 1.59. The summed E-state index contributed by atoms with van der Waals surface area (Å²) in [5, 5.41) is 9.66. The summed E-state index contributed by atoms with van der Waals surface area (Å²) < 4.78 is 37.6. The third-order valence-corrected chi connectivity index (χ3v) is 3.74. The molecule has 0 aliphatic heterocycles. The molecule has 0 radical (unpaired) electrons. The summed E-state index contributed by atoms with van der Waals surface area (Å²) in [6.45, 7) is 4.27. The molecule has 130 valence electrons. The first-order valence-corrected chi connectivity index (χ1v) is 7.34. The molecule has 0 unspecified atom stereocenters. The van der Waals surface area contributed by atoms with Gasteiger partial charge in [-0.25, -0.2) is 4.79 Å². The second kappa shape index (κ2) is 6.94. The van der Waals surface area contributed by atoms with Crippen molar-refractivity contribution in [1.29, 1.82) is 0 Å². The topological polar surface area (TPSA) is 61.0 Å². The van der Waals surface area contributed by atoms with Crippen molar-refractivity contribution in [2.75, 3.05) is 7.05 Å². The maximum atomic E-state index is 12.5. The van der Waals surface area contributed by atoms with Crippen LogP contribution in [0.5, 0.6) is 0 Å². The molecule has 1 heterocycles. The van der Waals surface area contributed by atoms with E-state index >= 15 is 0 Å². The number of aryl methyl sites for hydroxylation is 2. The van der Waals surface area contributed by atoms with E-state index in [9.17, 15) is 18.0 Å². The van der Waals surface area contributed by atoms with Gasteiger partial charge in [-0.05, 0) is 31.5 Å². The van der Waals surface area contributed by atoms with E-state index in [0.29, 0.717) is 12.1 Å². The highest BCUT2D eigenvalue weighted by Crippen LogP contribution is 2.29. The number of nitrogens with one attached hydrogen (secondary N) is 2. The maximum Gasteiger partial charge on any atom is 0.416 e. The first-order valence-electron chi connectivity index (χ1n) is 7.34. The van der Waals surface area contributed by atoms with Gasteiger partial charge in [0.05, 0.1) is 11.3 Å². The third kappa shape index (κ3) is 4.27. The average Bonchev–Trinajstić information content (AvgIpc) is 2.83. The smallest absolute Gasteiger partial charge is 0.334 e. The van der Waals surface area contributed by atoms with Gasteiger partial charge >= 0.3 is 12.2 Å². The van der Waals surface area contributed by atoms with Crippen molar-refractivity contribution in [2.24, 2.45) is 0 Å². The minimum Gasteiger partial charge on any atom is -0.334 e. The van der Waals surface area contributed by atoms with Crippen LogP contribution in [0, 0.1) is 13.8 Å². The Balaban J connectivity index is 1.92. The maximum absolute atomic E-state index is 12.5. The number of H-pyrrole nitrogens is 1. The predicted molar refractivity (Wildman–Crippen MR) is 83.2 cm³/mol. The molecule has 8 heteroatoms. The molecule has 2 amide bonds. The summed E-state index contributed by atoms with van der Waals surface area (Å²) in [6, 6.07) is 4.46. The molecule has 2 N–H and O–H groups in total. The van der Waals surface area contributed by atoms with Crippen molar-refractivity contribution in [3.05, 3.63) is 52.3 Å². The lowest BCUT2D eigenvalue weighted by atomic mass is 10.1. The quantitative estimate of drug-likeness (QED) is 0.896. The van der Waals surface area contributed by atoms with E-state index in [1.165, 1.54) is 17.0 Å². The van der Waals surface area contributed by atoms with Crippen molar-refractivity contribution in [3.8, 4) is 0 Å². The van der Waals surface area contributed by atoms with Gasteiger partial charge < -0.3 is 10.2 Å². The van der Waals surface area contributed by atoms with Gasteiger partial charge in [-0.3, -0.25) is 5.10 Å². The molecule has 0 spiro atoms. The van der Waals surface area contributed by atoms with Crippen molar-refractivity contribution in [3.63, 3.8) is 0 Å². The normalized spacial score (nSPS) is 11.4. The first-order chi connectivity index (χ1) is 11.2. The standard InChI is InChI=1S/C16H19F3N4O/c1-10-14(11(2)22-21-10)8-20-15(24)23(3)9-12-4-6-13(7-5-12)16(17,18)19/h4-7H,8-9H2,1-3H3,(H,20,24)(H,21,22). The van der Waals surface area contributed by atoms with Crippen LogP contribution in [-0.4, -0.2) is 28.2 Å². The molecular weight excluding hydrogens is 321 g/mol. The van der Waals surface area contributed by atoms with Crippen molar-refractivity contribution < 1.29 is 18.0 Å². The fraction of sp³-hybridized carbons (Fsp3) is 0.375. The lowest BCUT2D eigenvalue weighted by Gasteiger charge is -2.18. The molecule has 1 aromatic carbocycles. The molecular formula is C16H19F3N4O. The minimum atomic E-state index is -4.36. The Bertz CT molecular complexity index is 688. The van der Waals surface area contributed by atoms with Crippen LogP contribution in [0.25, 0.3) is 0 Å². The molecule has 0 aliphatic carbocycles. The Kier molecular flexibility index (Phi) is 5.16. The van der Waals surface area contributed by atoms with E-state index < -0.39 is 11.7 Å². The van der Waals surface area contributed by atoms with E-state index in [4.69, 9.17) is 0 Å². The van der Waals surface area contributed by atoms with Gasteiger partial charge in [0, 0.05) is 31.4 Å². The van der Waals surface area contributed by atoms with Gasteiger partial charge in [-0.1, -0.05) is 12.1 Å². The number of halogens is 3. The second-order valence-electron chi connectivity index (χ2n) is 5.62. The molecule has 0 saturated heterocycles. The van der Waals surface area contributed by atoms with Crippen molar-refractivity contribution >= 4 is 6.03 Å². The lowest BCUT2D eigenvalue weighted by Crippen LogP contribution is -2.36. The van der Waals surface area contributed by atoms with E-state index in [-0.39, 0.29) is 12.6 Å². The summed E-state index contributed by atoms with van der Waals surface area (Å²) >= 11 is 0. The van der Waals surface area contributed by atoms with Crippen molar-refractivity contribution in [2.45, 2.75) is 33.1 Å². The number of amides is 2. The number of nitrogens with zero attached hydrogens (tertiary/aromatic N) is 2. The number of urea groups is 1. The number of alkyl halides is 3. The zero-order valence-electron chi connectivity index (χ0n) is 13.7. The van der Waals surface area contributed by atoms with Crippen LogP contribution in [0.15, 0.2) is 24.3 Å². The van der Waals surface area contributed by atoms with Crippen LogP contribution < -0.4 is 5.32 Å². The second-order valence-corrected chi connectivity index (χ2v) is 5.62. The third-order valence-electron chi connectivity index (χ3n) is 3.74. The van der Waals surface area contributed by atoms with Crippen LogP contribution in [0.4, 0.5) is 18.0 Å². The Labute approximate surface area is 137 Å². The highest BCUT2D eigenvalue weighted by molar-refractivity contribution is 5.73. The number of carbonyl (C=O) groups is 1. The molecule has 2 rings (SSSR count). The van der Waals surface area contributed by atoms with Crippen LogP contribution in [0.1, 0.15) is 28.1 Å². The fourth-order valence-corrected chi connectivity index (χ4v) is 2.28. The first kappa shape index (κ1) is 17.8. The van der Waals surface area contributed by atoms with Gasteiger partial charge in [0.15, 0.2) is 0 Å². The summed E-state index contributed by atoms with van der Waals surface area (Å²) in [4.78, 5) is 13.5. The predicted octanol–water partition coefficient (Wildman–Crippen LogP) is 3.39. The lowest BCUT2D eigenvalue weighted by molar-refractivity contribution is -0.137. The zero-order valence-corrected chi connectivity index (χ0v) is 13.7. The van der Waals surface area contributed by atoms with Gasteiger partial charge in [0.2, 0.25) is 0 Å². The largest absolute Gasteiger partial charge is 0.416 e. The molecule has 0 bridgehead atoms. The van der Waals surface area contributed by atoms with Gasteiger partial charge in [0.25, 0.3) is 0 Å². The van der Waals surface area contributed by atoms with Gasteiger partial charge in [0.1, 0.15) is 0 Å². The number of aromatic amines is 1. The van der Waals surface area contributed by atoms with Crippen LogP contribution in [0.2, 0.25) is 0 Å². The summed E-state index contributed by atoms with van der Waals surface area (Å²) in [5.41, 5.74) is 2.54. The zero-order chi connectivity index (χ0) is 17.9. The SMILES string of the molecule is Cc1n[nH]c(C)c1CNC(=O)N(C)Cc1ccc(C(F)(F)F)cc1. The molecule has 5 nitrogen and oxygen atoms in total. The monoisotopic (exact) mass is 340 g/mol. The van der Waals surface area contributed by atoms with Crippen molar-refractivity contribution in [1.82, 2.24) is 20.4 Å². The average molecular weight is 340 g/mol. The van der Waals surface area contributed by atoms with E-state index in [0.717, 1.165) is 29.1 Å². The Hall–Kier alpha value is -2.51. The van der Waals surface area contributed by atoms with Crippen LogP contribution >= 0.6 is 0 Å². The number of aromatic nitrogens is 2. The molecule has 2 aromatic rings. The Morgan fingerprint density at radius 3 is 2.38 bits per heavy atom. The van der Waals surface area contributed by atoms with Crippen LogP contribution in [0.3, 0.4) is 0 Å². The van der Waals surface area contributed by atoms with Crippen LogP contribution in [-0.2, 0) is 19.3 Å². The Morgan fingerprint density at radius 2 is 1.88 bits per heavy atom. The number of hydrogen-bond acceptors (Lipinski definition) is 2.